The van der Waals surface area contributed by atoms with E-state index >= 15 is 0 Å². The fraction of sp³-hybridized carbons (Fsp3) is 1.00. The zero-order valence-corrected chi connectivity index (χ0v) is 11.6. The van der Waals surface area contributed by atoms with Gasteiger partial charge in [-0.15, -0.1) is 0 Å². The molecule has 0 rings (SSSR count). The van der Waals surface area contributed by atoms with Crippen molar-refractivity contribution in [3.05, 3.63) is 0 Å². The van der Waals surface area contributed by atoms with Gasteiger partial charge in [-0.25, -0.2) is 0 Å². The summed E-state index contributed by atoms with van der Waals surface area (Å²) in [5.41, 5.74) is 0.642. The van der Waals surface area contributed by atoms with Crippen molar-refractivity contribution < 1.29 is 0 Å². The molecule has 0 heterocycles. The van der Waals surface area contributed by atoms with Gasteiger partial charge in [-0.05, 0) is 11.6 Å². The van der Waals surface area contributed by atoms with Crippen molar-refractivity contribution in [1.82, 2.24) is 0 Å². The monoisotopic (exact) mass is 228 g/mol. The van der Waals surface area contributed by atoms with E-state index in [-0.39, 0.29) is 0 Å². The van der Waals surface area contributed by atoms with Crippen LogP contribution in [0.4, 0.5) is 0 Å². The highest BCUT2D eigenvalue weighted by Gasteiger charge is 2.31. The number of halogens is 2. The maximum Gasteiger partial charge on any atom is 0.153 e. The quantitative estimate of drug-likeness (QED) is 0.501. The zero-order valence-electron chi connectivity index (χ0n) is 8.04. The van der Waals surface area contributed by atoms with Gasteiger partial charge in [0, 0.05) is 0 Å². The summed E-state index contributed by atoms with van der Waals surface area (Å²) in [7, 11) is -2.86. The van der Waals surface area contributed by atoms with Crippen LogP contribution in [0, 0.1) is 0 Å². The molecule has 0 aliphatic rings. The second-order valence-electron chi connectivity index (χ2n) is 4.39. The molecule has 0 aromatic rings. The predicted molar refractivity (Wildman–Crippen MR) is 60.9 cm³/mol. The van der Waals surface area contributed by atoms with Crippen LogP contribution in [0.1, 0.15) is 6.92 Å². The van der Waals surface area contributed by atoms with Gasteiger partial charge in [0.25, 0.3) is 0 Å². The van der Waals surface area contributed by atoms with E-state index in [1.807, 2.05) is 0 Å². The molecule has 0 radical (unpaired) electrons. The van der Waals surface area contributed by atoms with Crippen LogP contribution in [0.15, 0.2) is 0 Å². The molecule has 0 saturated heterocycles. The van der Waals surface area contributed by atoms with Gasteiger partial charge in [-0.3, -0.25) is 0 Å². The summed E-state index contributed by atoms with van der Waals surface area (Å²) >= 11 is 12.5. The molecule has 0 N–H and O–H groups in total. The van der Waals surface area contributed by atoms with Gasteiger partial charge < -0.3 is 0 Å². The van der Waals surface area contributed by atoms with E-state index in [1.54, 1.807) is 0 Å². The number of hydrogen-bond acceptors (Lipinski definition) is 0. The third kappa shape index (κ3) is 6.20. The second kappa shape index (κ2) is 3.82. The van der Waals surface area contributed by atoms with E-state index in [4.69, 9.17) is 22.2 Å². The topological polar surface area (TPSA) is 0 Å². The Morgan fingerprint density at radius 2 is 1.45 bits per heavy atom. The molecule has 68 valence electrons. The lowest BCUT2D eigenvalue weighted by Gasteiger charge is -2.26. The molecule has 11 heavy (non-hydrogen) atoms. The van der Waals surface area contributed by atoms with Crippen LogP contribution < -0.4 is 0 Å². The summed E-state index contributed by atoms with van der Waals surface area (Å²) in [5, 5.41) is 0. The average Bonchev–Trinajstić information content (AvgIpc) is 1.56. The van der Waals surface area contributed by atoms with Gasteiger partial charge in [0.2, 0.25) is 0 Å². The van der Waals surface area contributed by atoms with E-state index in [2.05, 4.69) is 33.1 Å². The van der Waals surface area contributed by atoms with E-state index in [1.165, 1.54) is 0 Å². The lowest BCUT2D eigenvalue weighted by Crippen LogP contribution is -2.29. The Morgan fingerprint density at radius 1 is 1.09 bits per heavy atom. The smallest absolute Gasteiger partial charge is 0.153 e. The standard InChI is InChI=1S/C7H18Cl2Si2/c1-7(11(4,5)9)6-10(2,3)8/h7H,6H2,1-5H3. The van der Waals surface area contributed by atoms with Crippen molar-refractivity contribution in [2.75, 3.05) is 0 Å². The van der Waals surface area contributed by atoms with Crippen molar-refractivity contribution in [1.29, 1.82) is 0 Å². The number of rotatable bonds is 3. The molecule has 0 aliphatic heterocycles. The molecule has 0 amide bonds. The van der Waals surface area contributed by atoms with Crippen molar-refractivity contribution in [3.63, 3.8) is 0 Å². The largest absolute Gasteiger partial charge is 0.168 e. The summed E-state index contributed by atoms with van der Waals surface area (Å²) in [6, 6.07) is 1.15. The molecule has 0 nitrogen and oxygen atoms in total. The molecule has 1 unspecified atom stereocenters. The Bertz CT molecular complexity index is 123. The normalized spacial score (nSPS) is 16.6. The van der Waals surface area contributed by atoms with Crippen LogP contribution in [0.2, 0.25) is 37.8 Å². The van der Waals surface area contributed by atoms with Gasteiger partial charge in [0.05, 0.1) is 0 Å². The van der Waals surface area contributed by atoms with Gasteiger partial charge in [0.1, 0.15) is 0 Å². The molecule has 0 aromatic heterocycles. The Kier molecular flexibility index (Phi) is 4.17. The molecule has 0 fully saturated rings. The lowest BCUT2D eigenvalue weighted by molar-refractivity contribution is 1.01. The number of hydrogen-bond donors (Lipinski definition) is 0. The first-order valence-corrected chi connectivity index (χ1v) is 12.3. The summed E-state index contributed by atoms with van der Waals surface area (Å²) < 4.78 is 0. The first-order chi connectivity index (χ1) is 4.63. The molecule has 4 heteroatoms. The molecule has 0 spiro atoms. The highest BCUT2D eigenvalue weighted by Crippen LogP contribution is 2.34. The zero-order chi connectivity index (χ0) is 9.28. The highest BCUT2D eigenvalue weighted by molar-refractivity contribution is 7.22. The molecular formula is C7H18Cl2Si2. The van der Waals surface area contributed by atoms with Crippen molar-refractivity contribution in [2.45, 2.75) is 44.7 Å². The lowest BCUT2D eigenvalue weighted by atomic mass is 10.6. The molecule has 0 aliphatic carbocycles. The van der Waals surface area contributed by atoms with E-state index in [0.29, 0.717) is 5.54 Å². The van der Waals surface area contributed by atoms with E-state index in [0.717, 1.165) is 6.04 Å². The molecular weight excluding hydrogens is 211 g/mol. The average molecular weight is 229 g/mol. The SMILES string of the molecule is CC(C[Si](C)(C)Cl)[Si](C)(C)Cl. The van der Waals surface area contributed by atoms with Crippen molar-refractivity contribution in [3.8, 4) is 0 Å². The first-order valence-electron chi connectivity index (χ1n) is 4.01. The van der Waals surface area contributed by atoms with Gasteiger partial charge in [0.15, 0.2) is 14.8 Å². The summed E-state index contributed by atoms with van der Waals surface area (Å²) in [6.45, 7) is 11.0. The molecule has 0 saturated carbocycles. The summed E-state index contributed by atoms with van der Waals surface area (Å²) in [5.74, 6) is 0. The first kappa shape index (κ1) is 12.0. The Hall–Kier alpha value is 1.01. The minimum Gasteiger partial charge on any atom is -0.168 e. The van der Waals surface area contributed by atoms with Crippen LogP contribution >= 0.6 is 22.2 Å². The van der Waals surface area contributed by atoms with Crippen LogP contribution in [-0.4, -0.2) is 14.8 Å². The third-order valence-electron chi connectivity index (χ3n) is 1.96. The van der Waals surface area contributed by atoms with Gasteiger partial charge in [-0.2, -0.15) is 22.2 Å². The van der Waals surface area contributed by atoms with Crippen LogP contribution in [0.25, 0.3) is 0 Å². The van der Waals surface area contributed by atoms with Gasteiger partial charge in [-0.1, -0.05) is 33.1 Å². The van der Waals surface area contributed by atoms with Crippen LogP contribution in [0.3, 0.4) is 0 Å². The Labute approximate surface area is 81.7 Å². The molecule has 0 aromatic carbocycles. The van der Waals surface area contributed by atoms with E-state index in [9.17, 15) is 0 Å². The van der Waals surface area contributed by atoms with Crippen LogP contribution in [0.5, 0.6) is 0 Å². The Morgan fingerprint density at radius 3 is 1.55 bits per heavy atom. The van der Waals surface area contributed by atoms with E-state index < -0.39 is 14.8 Å². The fourth-order valence-electron chi connectivity index (χ4n) is 0.971. The highest BCUT2D eigenvalue weighted by atomic mass is 35.6. The molecule has 1 atom stereocenters. The summed E-state index contributed by atoms with van der Waals surface area (Å²) in [6.07, 6.45) is 0. The minimum absolute atomic E-state index is 0.642. The summed E-state index contributed by atoms with van der Waals surface area (Å²) in [4.78, 5) is 0. The third-order valence-corrected chi connectivity index (χ3v) is 8.08. The van der Waals surface area contributed by atoms with Crippen molar-refractivity contribution >= 4 is 36.9 Å². The second-order valence-corrected chi connectivity index (χ2v) is 18.3. The maximum absolute atomic E-state index is 6.29. The maximum atomic E-state index is 6.29. The Balaban J connectivity index is 3.99. The predicted octanol–water partition coefficient (Wildman–Crippen LogP) is 4.26. The fourth-order valence-corrected chi connectivity index (χ4v) is 7.68. The molecule has 0 bridgehead atoms. The van der Waals surface area contributed by atoms with Gasteiger partial charge >= 0.3 is 0 Å². The minimum atomic E-state index is -1.45. The van der Waals surface area contributed by atoms with Crippen LogP contribution in [-0.2, 0) is 0 Å². The van der Waals surface area contributed by atoms with Crippen molar-refractivity contribution in [2.24, 2.45) is 0 Å².